The van der Waals surface area contributed by atoms with Gasteiger partial charge in [-0.2, -0.15) is 0 Å². The molecule has 1 unspecified atom stereocenters. The van der Waals surface area contributed by atoms with Crippen LogP contribution in [0.5, 0.6) is 0 Å². The molecule has 2 nitrogen and oxygen atoms in total. The SMILES string of the molecule is CCNC1(c2nccs2)CCSc2ccccc21. The molecule has 2 heterocycles. The molecule has 0 fully saturated rings. The summed E-state index contributed by atoms with van der Waals surface area (Å²) in [5.41, 5.74) is 1.31. The van der Waals surface area contributed by atoms with E-state index in [9.17, 15) is 0 Å². The maximum absolute atomic E-state index is 4.58. The Morgan fingerprint density at radius 3 is 3.06 bits per heavy atom. The third-order valence-electron chi connectivity index (χ3n) is 3.36. The van der Waals surface area contributed by atoms with Crippen molar-refractivity contribution in [3.8, 4) is 0 Å². The van der Waals surface area contributed by atoms with Crippen molar-refractivity contribution in [1.82, 2.24) is 10.3 Å². The van der Waals surface area contributed by atoms with Gasteiger partial charge in [0.15, 0.2) is 0 Å². The summed E-state index contributed by atoms with van der Waals surface area (Å²) in [5.74, 6) is 1.14. The van der Waals surface area contributed by atoms with Gasteiger partial charge in [-0.3, -0.25) is 0 Å². The first-order valence-electron chi connectivity index (χ1n) is 6.24. The number of aromatic nitrogens is 1. The molecule has 1 aromatic carbocycles. The predicted octanol–water partition coefficient (Wildman–Crippen LogP) is 3.49. The molecule has 1 aliphatic heterocycles. The highest BCUT2D eigenvalue weighted by Gasteiger charge is 2.39. The third-order valence-corrected chi connectivity index (χ3v) is 5.37. The summed E-state index contributed by atoms with van der Waals surface area (Å²) in [7, 11) is 0. The molecule has 4 heteroatoms. The minimum atomic E-state index is -0.0786. The van der Waals surface area contributed by atoms with Crippen molar-refractivity contribution >= 4 is 23.1 Å². The number of thiazole rings is 1. The zero-order valence-electron chi connectivity index (χ0n) is 10.3. The van der Waals surface area contributed by atoms with Crippen molar-refractivity contribution in [3.05, 3.63) is 46.4 Å². The standard InChI is InChI=1S/C14H16N2S2/c1-2-16-14(13-15-8-10-18-13)7-9-17-12-6-4-3-5-11(12)14/h3-6,8,10,16H,2,7,9H2,1H3. The summed E-state index contributed by atoms with van der Waals surface area (Å²) in [6.07, 6.45) is 3.01. The van der Waals surface area contributed by atoms with E-state index in [1.54, 1.807) is 11.3 Å². The van der Waals surface area contributed by atoms with Gasteiger partial charge < -0.3 is 5.32 Å². The zero-order valence-corrected chi connectivity index (χ0v) is 12.0. The van der Waals surface area contributed by atoms with Crippen molar-refractivity contribution in [2.24, 2.45) is 0 Å². The highest BCUT2D eigenvalue weighted by molar-refractivity contribution is 7.99. The maximum atomic E-state index is 4.58. The second-order valence-corrected chi connectivity index (χ2v) is 6.40. The molecule has 0 saturated heterocycles. The number of nitrogens with zero attached hydrogens (tertiary/aromatic N) is 1. The van der Waals surface area contributed by atoms with Gasteiger partial charge in [0.1, 0.15) is 5.01 Å². The van der Waals surface area contributed by atoms with Crippen LogP contribution >= 0.6 is 23.1 Å². The Balaban J connectivity index is 2.17. The Kier molecular flexibility index (Phi) is 3.41. The Morgan fingerprint density at radius 2 is 2.28 bits per heavy atom. The van der Waals surface area contributed by atoms with E-state index in [-0.39, 0.29) is 5.54 Å². The van der Waals surface area contributed by atoms with E-state index < -0.39 is 0 Å². The van der Waals surface area contributed by atoms with Gasteiger partial charge in [-0.25, -0.2) is 4.98 Å². The van der Waals surface area contributed by atoms with Crippen LogP contribution < -0.4 is 5.32 Å². The number of hydrogen-bond donors (Lipinski definition) is 1. The first-order chi connectivity index (χ1) is 8.87. The fraction of sp³-hybridized carbons (Fsp3) is 0.357. The van der Waals surface area contributed by atoms with E-state index in [1.807, 2.05) is 18.0 Å². The van der Waals surface area contributed by atoms with Crippen molar-refractivity contribution < 1.29 is 0 Å². The summed E-state index contributed by atoms with van der Waals surface area (Å²) in [6, 6.07) is 8.71. The minimum Gasteiger partial charge on any atom is -0.302 e. The van der Waals surface area contributed by atoms with Crippen LogP contribution in [0.4, 0.5) is 0 Å². The molecule has 0 aliphatic carbocycles. The number of hydrogen-bond acceptors (Lipinski definition) is 4. The van der Waals surface area contributed by atoms with E-state index in [0.29, 0.717) is 0 Å². The summed E-state index contributed by atoms with van der Waals surface area (Å²) < 4.78 is 0. The minimum absolute atomic E-state index is 0.0786. The van der Waals surface area contributed by atoms with Gasteiger partial charge in [-0.1, -0.05) is 25.1 Å². The normalized spacial score (nSPS) is 22.7. The van der Waals surface area contributed by atoms with Gasteiger partial charge in [0, 0.05) is 22.2 Å². The second-order valence-electron chi connectivity index (χ2n) is 4.37. The lowest BCUT2D eigenvalue weighted by molar-refractivity contribution is 0.388. The summed E-state index contributed by atoms with van der Waals surface area (Å²) >= 11 is 3.70. The highest BCUT2D eigenvalue weighted by atomic mass is 32.2. The largest absolute Gasteiger partial charge is 0.302 e. The molecule has 0 amide bonds. The van der Waals surface area contributed by atoms with E-state index in [2.05, 4.69) is 46.9 Å². The molecule has 0 saturated carbocycles. The molecule has 0 bridgehead atoms. The molecule has 94 valence electrons. The molecule has 3 rings (SSSR count). The first kappa shape index (κ1) is 12.2. The predicted molar refractivity (Wildman–Crippen MR) is 78.4 cm³/mol. The van der Waals surface area contributed by atoms with E-state index in [4.69, 9.17) is 0 Å². The topological polar surface area (TPSA) is 24.9 Å². The third kappa shape index (κ3) is 1.88. The van der Waals surface area contributed by atoms with Crippen LogP contribution in [0.25, 0.3) is 0 Å². The fourth-order valence-corrected chi connectivity index (χ4v) is 4.67. The van der Waals surface area contributed by atoms with Gasteiger partial charge in [0.05, 0.1) is 5.54 Å². The van der Waals surface area contributed by atoms with Crippen LogP contribution in [0, 0.1) is 0 Å². The van der Waals surface area contributed by atoms with Gasteiger partial charge in [0.25, 0.3) is 0 Å². The van der Waals surface area contributed by atoms with Gasteiger partial charge in [-0.05, 0) is 24.6 Å². The quantitative estimate of drug-likeness (QED) is 0.929. The van der Waals surface area contributed by atoms with E-state index in [1.165, 1.54) is 15.5 Å². The Morgan fingerprint density at radius 1 is 1.39 bits per heavy atom. The van der Waals surface area contributed by atoms with Crippen LogP contribution in [0.1, 0.15) is 23.9 Å². The first-order valence-corrected chi connectivity index (χ1v) is 8.10. The molecule has 1 atom stereocenters. The van der Waals surface area contributed by atoms with Gasteiger partial charge in [-0.15, -0.1) is 23.1 Å². The lowest BCUT2D eigenvalue weighted by Crippen LogP contribution is -2.45. The van der Waals surface area contributed by atoms with Crippen molar-refractivity contribution in [3.63, 3.8) is 0 Å². The van der Waals surface area contributed by atoms with Gasteiger partial charge in [0.2, 0.25) is 0 Å². The Bertz CT molecular complexity index is 524. The Labute approximate surface area is 116 Å². The smallest absolute Gasteiger partial charge is 0.117 e. The van der Waals surface area contributed by atoms with Crippen LogP contribution in [0.3, 0.4) is 0 Å². The number of rotatable bonds is 3. The lowest BCUT2D eigenvalue weighted by Gasteiger charge is -2.38. The monoisotopic (exact) mass is 276 g/mol. The number of fused-ring (bicyclic) bond motifs is 1. The molecule has 18 heavy (non-hydrogen) atoms. The summed E-state index contributed by atoms with van der Waals surface area (Å²) in [6.45, 7) is 3.12. The summed E-state index contributed by atoms with van der Waals surface area (Å²) in [4.78, 5) is 5.97. The van der Waals surface area contributed by atoms with Crippen molar-refractivity contribution in [2.75, 3.05) is 12.3 Å². The maximum Gasteiger partial charge on any atom is 0.117 e. The van der Waals surface area contributed by atoms with Crippen LogP contribution in [0.2, 0.25) is 0 Å². The van der Waals surface area contributed by atoms with Crippen LogP contribution in [0.15, 0.2) is 40.7 Å². The number of nitrogens with one attached hydrogen (secondary N) is 1. The summed E-state index contributed by atoms with van der Waals surface area (Å²) in [5, 5.41) is 6.95. The molecule has 0 radical (unpaired) electrons. The molecule has 1 aromatic heterocycles. The number of benzene rings is 1. The van der Waals surface area contributed by atoms with Gasteiger partial charge >= 0.3 is 0 Å². The molecule has 1 aliphatic rings. The molecular weight excluding hydrogens is 260 g/mol. The second kappa shape index (κ2) is 5.03. The van der Waals surface area contributed by atoms with Crippen molar-refractivity contribution in [1.29, 1.82) is 0 Å². The van der Waals surface area contributed by atoms with Crippen LogP contribution in [-0.2, 0) is 5.54 Å². The molecule has 2 aromatic rings. The lowest BCUT2D eigenvalue weighted by atomic mass is 9.87. The molecular formula is C14H16N2S2. The average Bonchev–Trinajstić information content (AvgIpc) is 2.94. The highest BCUT2D eigenvalue weighted by Crippen LogP contribution is 2.44. The molecule has 0 spiro atoms. The zero-order chi connectivity index (χ0) is 12.4. The number of thioether (sulfide) groups is 1. The Hall–Kier alpha value is -0.840. The fourth-order valence-electron chi connectivity index (χ4n) is 2.61. The van der Waals surface area contributed by atoms with Crippen molar-refractivity contribution in [2.45, 2.75) is 23.8 Å². The molecule has 1 N–H and O–H groups in total. The average molecular weight is 276 g/mol. The van der Waals surface area contributed by atoms with E-state index in [0.717, 1.165) is 18.7 Å². The van der Waals surface area contributed by atoms with Crippen LogP contribution in [-0.4, -0.2) is 17.3 Å². The van der Waals surface area contributed by atoms with E-state index >= 15 is 0 Å².